The van der Waals surface area contributed by atoms with Crippen molar-refractivity contribution in [1.29, 1.82) is 0 Å². The van der Waals surface area contributed by atoms with Crippen LogP contribution in [0.1, 0.15) is 51.9 Å². The zero-order chi connectivity index (χ0) is 13.8. The van der Waals surface area contributed by atoms with Gasteiger partial charge in [0.05, 0.1) is 12.6 Å². The Balaban J connectivity index is 1.41. The number of nitrogens with one attached hydrogen (secondary N) is 2. The van der Waals surface area contributed by atoms with Gasteiger partial charge in [-0.3, -0.25) is 0 Å². The second kappa shape index (κ2) is 7.09. The monoisotopic (exact) mass is 278 g/mol. The first-order valence-corrected chi connectivity index (χ1v) is 9.14. The van der Waals surface area contributed by atoms with Crippen LogP contribution in [0.5, 0.6) is 0 Å². The third-order valence-corrected chi connectivity index (χ3v) is 6.07. The van der Waals surface area contributed by atoms with E-state index >= 15 is 0 Å². The van der Waals surface area contributed by atoms with Gasteiger partial charge < -0.3 is 9.80 Å². The molecule has 2 nitrogen and oxygen atoms in total. The van der Waals surface area contributed by atoms with Gasteiger partial charge in [0, 0.05) is 12.3 Å². The van der Waals surface area contributed by atoms with Crippen LogP contribution in [-0.2, 0) is 0 Å². The van der Waals surface area contributed by atoms with E-state index in [0.717, 1.165) is 17.9 Å². The molecule has 0 aromatic heterocycles. The zero-order valence-electron chi connectivity index (χ0n) is 13.4. The molecule has 0 unspecified atom stereocenters. The maximum atomic E-state index is 2.46. The largest absolute Gasteiger partial charge is 0.325 e. The second-order valence-corrected chi connectivity index (χ2v) is 7.73. The second-order valence-electron chi connectivity index (χ2n) is 7.73. The first kappa shape index (κ1) is 14.6. The highest BCUT2D eigenvalue weighted by molar-refractivity contribution is 4.89. The van der Waals surface area contributed by atoms with Crippen molar-refractivity contribution < 1.29 is 9.80 Å². The lowest BCUT2D eigenvalue weighted by atomic mass is 9.86. The standard InChI is InChI=1S/C18H32N2/c1-16-6-5-9-18(14-16)20-12-10-19(11-13-20)15-17-7-3-2-4-8-17/h2-3,16-18H,4-15H2,1H3/p+2/t16-,17+,18-/m1/s1. The summed E-state index contributed by atoms with van der Waals surface area (Å²) >= 11 is 0. The minimum absolute atomic E-state index is 0.978. The molecule has 2 fully saturated rings. The first-order chi connectivity index (χ1) is 9.81. The highest BCUT2D eigenvalue weighted by Crippen LogP contribution is 2.22. The Bertz CT molecular complexity index is 317. The van der Waals surface area contributed by atoms with Gasteiger partial charge in [-0.15, -0.1) is 0 Å². The number of rotatable bonds is 3. The fourth-order valence-corrected chi connectivity index (χ4v) is 4.79. The summed E-state index contributed by atoms with van der Waals surface area (Å²) in [5.74, 6) is 1.96. The van der Waals surface area contributed by atoms with Crippen LogP contribution in [0.15, 0.2) is 12.2 Å². The van der Waals surface area contributed by atoms with Crippen LogP contribution in [0.2, 0.25) is 0 Å². The highest BCUT2D eigenvalue weighted by Gasteiger charge is 2.32. The molecule has 2 N–H and O–H groups in total. The smallest absolute Gasteiger partial charge is 0.127 e. The number of allylic oxidation sites excluding steroid dienone is 2. The van der Waals surface area contributed by atoms with Crippen molar-refractivity contribution in [2.75, 3.05) is 32.7 Å². The minimum atomic E-state index is 0.978. The van der Waals surface area contributed by atoms with Gasteiger partial charge in [-0.05, 0) is 38.0 Å². The summed E-state index contributed by atoms with van der Waals surface area (Å²) < 4.78 is 0. The normalized spacial score (nSPS) is 42.5. The molecule has 114 valence electrons. The van der Waals surface area contributed by atoms with E-state index in [9.17, 15) is 0 Å². The van der Waals surface area contributed by atoms with Gasteiger partial charge in [0.15, 0.2) is 0 Å². The molecule has 0 spiro atoms. The molecule has 2 heteroatoms. The summed E-state index contributed by atoms with van der Waals surface area (Å²) in [7, 11) is 0. The van der Waals surface area contributed by atoms with Gasteiger partial charge in [0.25, 0.3) is 0 Å². The first-order valence-electron chi connectivity index (χ1n) is 9.14. The van der Waals surface area contributed by atoms with Gasteiger partial charge in [0.2, 0.25) is 0 Å². The summed E-state index contributed by atoms with van der Waals surface area (Å²) in [4.78, 5) is 3.85. The predicted octanol–water partition coefficient (Wildman–Crippen LogP) is 0.705. The van der Waals surface area contributed by atoms with Gasteiger partial charge >= 0.3 is 0 Å². The average Bonchev–Trinajstić information content (AvgIpc) is 2.49. The number of hydrogen-bond donors (Lipinski definition) is 2. The molecule has 20 heavy (non-hydrogen) atoms. The Kier molecular flexibility index (Phi) is 5.17. The summed E-state index contributed by atoms with van der Waals surface area (Å²) in [6, 6.07) is 0.998. The van der Waals surface area contributed by atoms with Gasteiger partial charge in [-0.1, -0.05) is 25.5 Å². The van der Waals surface area contributed by atoms with Gasteiger partial charge in [-0.2, -0.15) is 0 Å². The van der Waals surface area contributed by atoms with E-state index in [-0.39, 0.29) is 0 Å². The molecule has 3 atom stereocenters. The van der Waals surface area contributed by atoms with Crippen LogP contribution in [-0.4, -0.2) is 38.8 Å². The number of piperazine rings is 1. The van der Waals surface area contributed by atoms with E-state index < -0.39 is 0 Å². The van der Waals surface area contributed by atoms with Crippen molar-refractivity contribution in [3.63, 3.8) is 0 Å². The van der Waals surface area contributed by atoms with E-state index in [1.54, 1.807) is 0 Å². The maximum Gasteiger partial charge on any atom is 0.127 e. The SMILES string of the molecule is C[C@@H]1CCC[C@@H]([NH+]2CC[NH+](C[C@H]3CC=CCC3)CC2)C1. The summed E-state index contributed by atoms with van der Waals surface area (Å²) in [6.07, 6.45) is 14.9. The lowest BCUT2D eigenvalue weighted by molar-refractivity contribution is -1.03. The van der Waals surface area contributed by atoms with E-state index in [2.05, 4.69) is 19.1 Å². The van der Waals surface area contributed by atoms with Crippen molar-refractivity contribution in [2.24, 2.45) is 11.8 Å². The van der Waals surface area contributed by atoms with Crippen LogP contribution in [0.4, 0.5) is 0 Å². The van der Waals surface area contributed by atoms with Crippen molar-refractivity contribution >= 4 is 0 Å². The molecule has 0 aromatic carbocycles. The van der Waals surface area contributed by atoms with E-state index in [1.165, 1.54) is 77.7 Å². The average molecular weight is 278 g/mol. The van der Waals surface area contributed by atoms with Crippen molar-refractivity contribution in [3.8, 4) is 0 Å². The molecule has 1 saturated heterocycles. The Hall–Kier alpha value is -0.340. The van der Waals surface area contributed by atoms with Crippen LogP contribution in [0.3, 0.4) is 0 Å². The topological polar surface area (TPSA) is 8.88 Å². The molecule has 1 saturated carbocycles. The number of quaternary nitrogens is 2. The summed E-state index contributed by atoms with van der Waals surface area (Å²) in [5.41, 5.74) is 0. The minimum Gasteiger partial charge on any atom is -0.325 e. The maximum absolute atomic E-state index is 2.46. The molecular formula is C18H34N2+2. The quantitative estimate of drug-likeness (QED) is 0.704. The molecular weight excluding hydrogens is 244 g/mol. The third kappa shape index (κ3) is 3.85. The van der Waals surface area contributed by atoms with E-state index in [0.29, 0.717) is 0 Å². The lowest BCUT2D eigenvalue weighted by Crippen LogP contribution is -3.29. The van der Waals surface area contributed by atoms with E-state index in [4.69, 9.17) is 0 Å². The Morgan fingerprint density at radius 2 is 1.85 bits per heavy atom. The Labute approximate surface area is 125 Å². The number of hydrogen-bond acceptors (Lipinski definition) is 0. The van der Waals surface area contributed by atoms with Crippen LogP contribution < -0.4 is 9.80 Å². The molecule has 3 aliphatic rings. The fraction of sp³-hybridized carbons (Fsp3) is 0.889. The lowest BCUT2D eigenvalue weighted by Gasteiger charge is -2.38. The molecule has 2 aliphatic carbocycles. The van der Waals surface area contributed by atoms with Crippen LogP contribution in [0, 0.1) is 11.8 Å². The molecule has 0 bridgehead atoms. The summed E-state index contributed by atoms with van der Waals surface area (Å²) in [6.45, 7) is 9.65. The molecule has 0 radical (unpaired) electrons. The predicted molar refractivity (Wildman–Crippen MR) is 84.2 cm³/mol. The highest BCUT2D eigenvalue weighted by atomic mass is 15.3. The van der Waals surface area contributed by atoms with Crippen LogP contribution in [0.25, 0.3) is 0 Å². The Morgan fingerprint density at radius 1 is 1.00 bits per heavy atom. The summed E-state index contributed by atoms with van der Waals surface area (Å²) in [5, 5.41) is 0. The van der Waals surface area contributed by atoms with Gasteiger partial charge in [-0.25, -0.2) is 0 Å². The van der Waals surface area contributed by atoms with Gasteiger partial charge in [0.1, 0.15) is 26.2 Å². The van der Waals surface area contributed by atoms with Crippen molar-refractivity contribution in [3.05, 3.63) is 12.2 Å². The molecule has 1 heterocycles. The van der Waals surface area contributed by atoms with Crippen molar-refractivity contribution in [2.45, 2.75) is 57.9 Å². The molecule has 1 aliphatic heterocycles. The van der Waals surface area contributed by atoms with Crippen LogP contribution >= 0.6 is 0 Å². The van der Waals surface area contributed by atoms with E-state index in [1.807, 2.05) is 9.80 Å². The molecule has 0 amide bonds. The Morgan fingerprint density at radius 3 is 2.55 bits per heavy atom. The third-order valence-electron chi connectivity index (χ3n) is 6.07. The molecule has 3 rings (SSSR count). The van der Waals surface area contributed by atoms with Crippen molar-refractivity contribution in [1.82, 2.24) is 0 Å². The molecule has 0 aromatic rings. The fourth-order valence-electron chi connectivity index (χ4n) is 4.79. The zero-order valence-corrected chi connectivity index (χ0v) is 13.4.